The van der Waals surface area contributed by atoms with Gasteiger partial charge in [0, 0.05) is 18.3 Å². The minimum atomic E-state index is 0.243. The molecule has 2 rings (SSSR count). The Kier molecular flexibility index (Phi) is 4.24. The molecule has 0 aromatic heterocycles. The summed E-state index contributed by atoms with van der Waals surface area (Å²) in [5.41, 5.74) is 7.48. The van der Waals surface area contributed by atoms with Crippen molar-refractivity contribution in [1.82, 2.24) is 4.90 Å². The average molecular weight is 246 g/mol. The summed E-state index contributed by atoms with van der Waals surface area (Å²) in [6.45, 7) is 3.08. The molecule has 1 fully saturated rings. The lowest BCUT2D eigenvalue weighted by molar-refractivity contribution is -0.134. The van der Waals surface area contributed by atoms with E-state index < -0.39 is 0 Å². The number of carbonyl (C=O) groups is 1. The zero-order valence-corrected chi connectivity index (χ0v) is 11.1. The van der Waals surface area contributed by atoms with E-state index in [1.54, 1.807) is 0 Å². The van der Waals surface area contributed by atoms with Crippen molar-refractivity contribution in [1.29, 1.82) is 0 Å². The van der Waals surface area contributed by atoms with Gasteiger partial charge in [-0.2, -0.15) is 0 Å². The van der Waals surface area contributed by atoms with Gasteiger partial charge in [-0.1, -0.05) is 19.1 Å². The van der Waals surface area contributed by atoms with E-state index in [4.69, 9.17) is 5.73 Å². The van der Waals surface area contributed by atoms with Crippen LogP contribution < -0.4 is 5.73 Å². The Morgan fingerprint density at radius 3 is 3.00 bits per heavy atom. The van der Waals surface area contributed by atoms with Gasteiger partial charge in [0.2, 0.25) is 5.91 Å². The lowest BCUT2D eigenvalue weighted by Crippen LogP contribution is -2.44. The second kappa shape index (κ2) is 5.89. The van der Waals surface area contributed by atoms with Crippen LogP contribution in [-0.4, -0.2) is 23.4 Å². The zero-order chi connectivity index (χ0) is 13.0. The van der Waals surface area contributed by atoms with Crippen molar-refractivity contribution in [3.05, 3.63) is 29.8 Å². The highest BCUT2D eigenvalue weighted by molar-refractivity contribution is 5.79. The van der Waals surface area contributed by atoms with E-state index >= 15 is 0 Å². The second-order valence-electron chi connectivity index (χ2n) is 5.07. The van der Waals surface area contributed by atoms with E-state index in [1.165, 1.54) is 6.42 Å². The topological polar surface area (TPSA) is 46.3 Å². The van der Waals surface area contributed by atoms with Gasteiger partial charge in [-0.3, -0.25) is 4.79 Å². The number of hydrogen-bond acceptors (Lipinski definition) is 2. The summed E-state index contributed by atoms with van der Waals surface area (Å²) in [4.78, 5) is 14.4. The number of nitrogens with zero attached hydrogens (tertiary/aromatic N) is 1. The van der Waals surface area contributed by atoms with E-state index in [2.05, 4.69) is 11.8 Å². The molecule has 3 heteroatoms. The van der Waals surface area contributed by atoms with Crippen molar-refractivity contribution < 1.29 is 4.79 Å². The molecule has 0 spiro atoms. The predicted molar refractivity (Wildman–Crippen MR) is 74.2 cm³/mol. The number of nitrogens with two attached hydrogens (primary N) is 1. The number of benzene rings is 1. The quantitative estimate of drug-likeness (QED) is 0.833. The lowest BCUT2D eigenvalue weighted by Gasteiger charge is -2.35. The monoisotopic (exact) mass is 246 g/mol. The van der Waals surface area contributed by atoms with Gasteiger partial charge in [0.15, 0.2) is 0 Å². The Balaban J connectivity index is 2.02. The van der Waals surface area contributed by atoms with Crippen molar-refractivity contribution in [2.75, 3.05) is 12.3 Å². The molecule has 1 unspecified atom stereocenters. The molecule has 1 aliphatic rings. The van der Waals surface area contributed by atoms with E-state index in [0.29, 0.717) is 12.5 Å². The molecule has 18 heavy (non-hydrogen) atoms. The molecule has 0 bridgehead atoms. The molecule has 1 atom stereocenters. The number of carbonyl (C=O) groups excluding carboxylic acids is 1. The Hall–Kier alpha value is -1.51. The fraction of sp³-hybridized carbons (Fsp3) is 0.533. The van der Waals surface area contributed by atoms with Crippen LogP contribution in [-0.2, 0) is 11.2 Å². The average Bonchev–Trinajstić information content (AvgIpc) is 2.38. The molecule has 98 valence electrons. The van der Waals surface area contributed by atoms with E-state index in [0.717, 1.165) is 37.1 Å². The first kappa shape index (κ1) is 12.9. The minimum Gasteiger partial charge on any atom is -0.399 e. The normalized spacial score (nSPS) is 19.8. The van der Waals surface area contributed by atoms with Crippen molar-refractivity contribution in [2.45, 2.75) is 45.1 Å². The van der Waals surface area contributed by atoms with Crippen LogP contribution in [0.1, 0.15) is 38.2 Å². The van der Waals surface area contributed by atoms with Gasteiger partial charge in [-0.15, -0.1) is 0 Å². The molecule has 1 aromatic carbocycles. The first-order valence-electron chi connectivity index (χ1n) is 6.84. The summed E-state index contributed by atoms with van der Waals surface area (Å²) in [5.74, 6) is 0.243. The highest BCUT2D eigenvalue weighted by atomic mass is 16.2. The van der Waals surface area contributed by atoms with Gasteiger partial charge in [0.25, 0.3) is 0 Å². The maximum atomic E-state index is 12.3. The molecule has 1 saturated heterocycles. The van der Waals surface area contributed by atoms with Crippen molar-refractivity contribution in [2.24, 2.45) is 0 Å². The van der Waals surface area contributed by atoms with Gasteiger partial charge in [0.05, 0.1) is 6.42 Å². The molecule has 1 amide bonds. The molecule has 1 heterocycles. The number of piperidine rings is 1. The van der Waals surface area contributed by atoms with Gasteiger partial charge in [0.1, 0.15) is 0 Å². The lowest BCUT2D eigenvalue weighted by atomic mass is 9.99. The number of likely N-dealkylation sites (tertiary alicyclic amines) is 1. The third-order valence-electron chi connectivity index (χ3n) is 3.73. The van der Waals surface area contributed by atoms with Crippen LogP contribution in [0.25, 0.3) is 0 Å². The van der Waals surface area contributed by atoms with Crippen LogP contribution in [0.4, 0.5) is 5.69 Å². The molecule has 0 radical (unpaired) electrons. The molecular formula is C15H22N2O. The number of amides is 1. The predicted octanol–water partition coefficient (Wildman–Crippen LogP) is 2.60. The van der Waals surface area contributed by atoms with E-state index in [-0.39, 0.29) is 5.91 Å². The number of anilines is 1. The van der Waals surface area contributed by atoms with Gasteiger partial charge >= 0.3 is 0 Å². The molecule has 3 nitrogen and oxygen atoms in total. The van der Waals surface area contributed by atoms with E-state index in [9.17, 15) is 4.79 Å². The van der Waals surface area contributed by atoms with Crippen molar-refractivity contribution in [3.63, 3.8) is 0 Å². The van der Waals surface area contributed by atoms with Crippen LogP contribution in [0.15, 0.2) is 24.3 Å². The fourth-order valence-corrected chi connectivity index (χ4v) is 2.73. The zero-order valence-electron chi connectivity index (χ0n) is 11.1. The molecule has 1 aliphatic heterocycles. The summed E-state index contributed by atoms with van der Waals surface area (Å²) in [6.07, 6.45) is 5.07. The van der Waals surface area contributed by atoms with Crippen LogP contribution in [0.2, 0.25) is 0 Å². The largest absolute Gasteiger partial charge is 0.399 e. The summed E-state index contributed by atoms with van der Waals surface area (Å²) < 4.78 is 0. The number of nitrogen functional groups attached to an aromatic ring is 1. The third-order valence-corrected chi connectivity index (χ3v) is 3.73. The smallest absolute Gasteiger partial charge is 0.227 e. The minimum absolute atomic E-state index is 0.243. The highest BCUT2D eigenvalue weighted by Crippen LogP contribution is 2.20. The third kappa shape index (κ3) is 3.03. The SMILES string of the molecule is CCC1CCCCN1C(=O)Cc1cccc(N)c1. The molecule has 1 aromatic rings. The maximum absolute atomic E-state index is 12.3. The summed E-state index contributed by atoms with van der Waals surface area (Å²) in [6, 6.07) is 8.06. The van der Waals surface area contributed by atoms with Gasteiger partial charge < -0.3 is 10.6 Å². The second-order valence-corrected chi connectivity index (χ2v) is 5.07. The Morgan fingerprint density at radius 2 is 2.28 bits per heavy atom. The molecule has 0 saturated carbocycles. The maximum Gasteiger partial charge on any atom is 0.227 e. The van der Waals surface area contributed by atoms with Gasteiger partial charge in [-0.05, 0) is 43.4 Å². The molecule has 0 aliphatic carbocycles. The standard InChI is InChI=1S/C15H22N2O/c1-2-14-8-3-4-9-17(14)15(18)11-12-6-5-7-13(16)10-12/h5-7,10,14H,2-4,8-9,11,16H2,1H3. The van der Waals surface area contributed by atoms with Crippen LogP contribution in [0.5, 0.6) is 0 Å². The van der Waals surface area contributed by atoms with Crippen molar-refractivity contribution >= 4 is 11.6 Å². The van der Waals surface area contributed by atoms with E-state index in [1.807, 2.05) is 24.3 Å². The van der Waals surface area contributed by atoms with Crippen molar-refractivity contribution in [3.8, 4) is 0 Å². The number of rotatable bonds is 3. The summed E-state index contributed by atoms with van der Waals surface area (Å²) in [7, 11) is 0. The Bertz CT molecular complexity index is 417. The summed E-state index contributed by atoms with van der Waals surface area (Å²) >= 11 is 0. The first-order valence-corrected chi connectivity index (χ1v) is 6.84. The van der Waals surface area contributed by atoms with Crippen LogP contribution in [0, 0.1) is 0 Å². The van der Waals surface area contributed by atoms with Crippen LogP contribution >= 0.6 is 0 Å². The highest BCUT2D eigenvalue weighted by Gasteiger charge is 2.24. The Morgan fingerprint density at radius 1 is 1.44 bits per heavy atom. The molecule has 2 N–H and O–H groups in total. The fourth-order valence-electron chi connectivity index (χ4n) is 2.73. The Labute approximate surface area is 109 Å². The summed E-state index contributed by atoms with van der Waals surface area (Å²) in [5, 5.41) is 0. The van der Waals surface area contributed by atoms with Gasteiger partial charge in [-0.25, -0.2) is 0 Å². The first-order chi connectivity index (χ1) is 8.70. The number of hydrogen-bond donors (Lipinski definition) is 1. The van der Waals surface area contributed by atoms with Crippen LogP contribution in [0.3, 0.4) is 0 Å². The molecular weight excluding hydrogens is 224 g/mol.